The molecule has 36 heavy (non-hydrogen) atoms. The van der Waals surface area contributed by atoms with E-state index in [9.17, 15) is 24.3 Å². The van der Waals surface area contributed by atoms with Crippen LogP contribution in [-0.2, 0) is 14.3 Å². The Hall–Kier alpha value is -3.88. The molecule has 1 aliphatic heterocycles. The predicted molar refractivity (Wildman–Crippen MR) is 132 cm³/mol. The van der Waals surface area contributed by atoms with Crippen LogP contribution in [0.3, 0.4) is 0 Å². The summed E-state index contributed by atoms with van der Waals surface area (Å²) < 4.78 is 10.8. The highest BCUT2D eigenvalue weighted by Crippen LogP contribution is 2.37. The number of amides is 2. The summed E-state index contributed by atoms with van der Waals surface area (Å²) in [4.78, 5) is 52.2. The second-order valence-corrected chi connectivity index (χ2v) is 9.68. The first kappa shape index (κ1) is 26.7. The lowest BCUT2D eigenvalue weighted by Gasteiger charge is -2.36. The molecule has 2 N–H and O–H groups in total. The third-order valence-electron chi connectivity index (χ3n) is 6.06. The number of nitrogens with one attached hydrogen (secondary N) is 1. The Morgan fingerprint density at radius 1 is 1.03 bits per heavy atom. The van der Waals surface area contributed by atoms with Crippen LogP contribution in [0.2, 0.25) is 0 Å². The van der Waals surface area contributed by atoms with Gasteiger partial charge in [0.1, 0.15) is 11.5 Å². The molecule has 9 heteroatoms. The third-order valence-corrected chi connectivity index (χ3v) is 6.06. The zero-order valence-electron chi connectivity index (χ0n) is 20.9. The Morgan fingerprint density at radius 3 is 2.19 bits per heavy atom. The average molecular weight is 497 g/mol. The van der Waals surface area contributed by atoms with E-state index >= 15 is 0 Å². The van der Waals surface area contributed by atoms with Crippen molar-refractivity contribution in [2.45, 2.75) is 46.2 Å². The SMILES string of the molecule is CCOC(=O)C(NC(=O)C1CCN(C(=O)O)C1C(C)(C)C)C(=O)c1ccc(Oc2ccccc2)cc1. The van der Waals surface area contributed by atoms with Gasteiger partial charge in [-0.05, 0) is 55.2 Å². The van der Waals surface area contributed by atoms with E-state index in [1.165, 1.54) is 17.0 Å². The summed E-state index contributed by atoms with van der Waals surface area (Å²) in [6, 6.07) is 13.2. The molecule has 1 saturated heterocycles. The van der Waals surface area contributed by atoms with E-state index < -0.39 is 47.2 Å². The van der Waals surface area contributed by atoms with E-state index in [4.69, 9.17) is 9.47 Å². The smallest absolute Gasteiger partial charge is 0.407 e. The predicted octanol–water partition coefficient (Wildman–Crippen LogP) is 4.12. The lowest BCUT2D eigenvalue weighted by atomic mass is 9.79. The third kappa shape index (κ3) is 6.21. The van der Waals surface area contributed by atoms with Gasteiger partial charge in [0.25, 0.3) is 0 Å². The molecule has 1 heterocycles. The minimum atomic E-state index is -1.56. The number of carbonyl (C=O) groups excluding carboxylic acids is 3. The van der Waals surface area contributed by atoms with Crippen LogP contribution in [0, 0.1) is 11.3 Å². The molecule has 3 unspecified atom stereocenters. The van der Waals surface area contributed by atoms with Gasteiger partial charge in [-0.15, -0.1) is 0 Å². The molecule has 192 valence electrons. The van der Waals surface area contributed by atoms with Crippen LogP contribution in [0.4, 0.5) is 4.79 Å². The summed E-state index contributed by atoms with van der Waals surface area (Å²) in [5, 5.41) is 12.1. The van der Waals surface area contributed by atoms with E-state index in [0.717, 1.165) is 0 Å². The number of hydrogen-bond donors (Lipinski definition) is 2. The minimum Gasteiger partial charge on any atom is -0.465 e. The van der Waals surface area contributed by atoms with Crippen molar-refractivity contribution in [3.05, 3.63) is 60.2 Å². The largest absolute Gasteiger partial charge is 0.465 e. The maximum atomic E-state index is 13.3. The molecule has 0 aliphatic carbocycles. The Bertz CT molecular complexity index is 1090. The molecule has 0 aromatic heterocycles. The molecule has 1 fully saturated rings. The molecule has 9 nitrogen and oxygen atoms in total. The van der Waals surface area contributed by atoms with Crippen molar-refractivity contribution < 1.29 is 33.8 Å². The average Bonchev–Trinajstić information content (AvgIpc) is 3.30. The molecule has 0 radical (unpaired) electrons. The molecular weight excluding hydrogens is 464 g/mol. The molecule has 3 rings (SSSR count). The van der Waals surface area contributed by atoms with Crippen LogP contribution in [0.1, 0.15) is 44.5 Å². The molecule has 3 atom stereocenters. The first-order chi connectivity index (χ1) is 17.0. The van der Waals surface area contributed by atoms with E-state index in [1.807, 2.05) is 39.0 Å². The van der Waals surface area contributed by atoms with Gasteiger partial charge in [-0.25, -0.2) is 9.59 Å². The van der Waals surface area contributed by atoms with Gasteiger partial charge in [-0.3, -0.25) is 9.59 Å². The number of carboxylic acid groups (broad SMARTS) is 1. The van der Waals surface area contributed by atoms with Crippen molar-refractivity contribution in [3.63, 3.8) is 0 Å². The van der Waals surface area contributed by atoms with Crippen LogP contribution >= 0.6 is 0 Å². The summed E-state index contributed by atoms with van der Waals surface area (Å²) in [5.74, 6) is -1.65. The summed E-state index contributed by atoms with van der Waals surface area (Å²) in [6.07, 6.45) is -0.823. The van der Waals surface area contributed by atoms with Gasteiger partial charge < -0.3 is 24.8 Å². The van der Waals surface area contributed by atoms with Crippen molar-refractivity contribution in [1.82, 2.24) is 10.2 Å². The van der Waals surface area contributed by atoms with E-state index in [-0.39, 0.29) is 25.1 Å². The van der Waals surface area contributed by atoms with E-state index in [2.05, 4.69) is 5.32 Å². The highest BCUT2D eigenvalue weighted by atomic mass is 16.5. The zero-order valence-corrected chi connectivity index (χ0v) is 20.9. The summed E-state index contributed by atoms with van der Waals surface area (Å²) in [5.41, 5.74) is -0.339. The Labute approximate surface area is 210 Å². The van der Waals surface area contributed by atoms with Crippen LogP contribution in [-0.4, -0.2) is 59.0 Å². The summed E-state index contributed by atoms with van der Waals surface area (Å²) >= 11 is 0. The molecule has 1 aliphatic rings. The van der Waals surface area contributed by atoms with Crippen molar-refractivity contribution in [3.8, 4) is 11.5 Å². The number of nitrogens with zero attached hydrogens (tertiary/aromatic N) is 1. The van der Waals surface area contributed by atoms with Crippen LogP contribution in [0.5, 0.6) is 11.5 Å². The number of ketones is 1. The molecule has 0 saturated carbocycles. The quantitative estimate of drug-likeness (QED) is 0.320. The van der Waals surface area contributed by atoms with Gasteiger partial charge in [0, 0.05) is 12.1 Å². The van der Waals surface area contributed by atoms with Crippen LogP contribution in [0.25, 0.3) is 0 Å². The monoisotopic (exact) mass is 496 g/mol. The fourth-order valence-electron chi connectivity index (χ4n) is 4.54. The first-order valence-corrected chi connectivity index (χ1v) is 11.9. The van der Waals surface area contributed by atoms with Gasteiger partial charge >= 0.3 is 12.1 Å². The van der Waals surface area contributed by atoms with Crippen LogP contribution in [0.15, 0.2) is 54.6 Å². The van der Waals surface area contributed by atoms with Gasteiger partial charge in [0.05, 0.1) is 18.6 Å². The second kappa shape index (κ2) is 11.2. The number of carbonyl (C=O) groups is 4. The lowest BCUT2D eigenvalue weighted by Crippen LogP contribution is -2.53. The van der Waals surface area contributed by atoms with Crippen LogP contribution < -0.4 is 10.1 Å². The van der Waals surface area contributed by atoms with Gasteiger partial charge in [0.2, 0.25) is 5.91 Å². The number of rotatable bonds is 8. The topological polar surface area (TPSA) is 122 Å². The molecule has 0 spiro atoms. The highest BCUT2D eigenvalue weighted by molar-refractivity contribution is 6.14. The Morgan fingerprint density at radius 2 is 1.64 bits per heavy atom. The molecule has 2 aromatic carbocycles. The Kier molecular flexibility index (Phi) is 8.34. The molecular formula is C27H32N2O7. The van der Waals surface area contributed by atoms with Crippen molar-refractivity contribution >= 4 is 23.8 Å². The minimum absolute atomic E-state index is 0.0309. The first-order valence-electron chi connectivity index (χ1n) is 11.9. The molecule has 2 aromatic rings. The standard InChI is InChI=1S/C27H32N2O7/c1-5-35-25(32)21(28-24(31)20-15-16-29(26(33)34)23(20)27(2,3)4)22(30)17-11-13-19(14-12-17)36-18-9-7-6-8-10-18/h6-14,20-21,23H,5,15-16H2,1-4H3,(H,28,31)(H,33,34). The number of benzene rings is 2. The lowest BCUT2D eigenvalue weighted by molar-refractivity contribution is -0.146. The maximum absolute atomic E-state index is 13.3. The molecule has 0 bridgehead atoms. The maximum Gasteiger partial charge on any atom is 0.407 e. The number of esters is 1. The summed E-state index contributed by atoms with van der Waals surface area (Å²) in [7, 11) is 0. The van der Waals surface area contributed by atoms with Gasteiger partial charge in [-0.1, -0.05) is 39.0 Å². The Balaban J connectivity index is 1.79. The second-order valence-electron chi connectivity index (χ2n) is 9.68. The fourth-order valence-corrected chi connectivity index (χ4v) is 4.54. The van der Waals surface area contributed by atoms with Crippen molar-refractivity contribution in [1.29, 1.82) is 0 Å². The zero-order chi connectivity index (χ0) is 26.5. The fraction of sp³-hybridized carbons (Fsp3) is 0.407. The number of Topliss-reactive ketones (excluding diaryl/α,β-unsaturated/α-hetero) is 1. The molecule has 2 amide bonds. The number of hydrogen-bond acceptors (Lipinski definition) is 6. The number of para-hydroxylation sites is 1. The normalized spacial score (nSPS) is 18.3. The van der Waals surface area contributed by atoms with E-state index in [1.54, 1.807) is 31.2 Å². The number of ether oxygens (including phenoxy) is 2. The van der Waals surface area contributed by atoms with E-state index in [0.29, 0.717) is 11.5 Å². The van der Waals surface area contributed by atoms with Crippen molar-refractivity contribution in [2.24, 2.45) is 11.3 Å². The summed E-state index contributed by atoms with van der Waals surface area (Å²) in [6.45, 7) is 7.39. The van der Waals surface area contributed by atoms with Gasteiger partial charge in [-0.2, -0.15) is 0 Å². The highest BCUT2D eigenvalue weighted by Gasteiger charge is 2.48. The van der Waals surface area contributed by atoms with Gasteiger partial charge in [0.15, 0.2) is 11.8 Å². The van der Waals surface area contributed by atoms with Crippen molar-refractivity contribution in [2.75, 3.05) is 13.2 Å². The number of likely N-dealkylation sites (tertiary alicyclic amines) is 1.